The van der Waals surface area contributed by atoms with Gasteiger partial charge in [0.15, 0.2) is 0 Å². The van der Waals surface area contributed by atoms with Crippen molar-refractivity contribution in [1.29, 1.82) is 0 Å². The Labute approximate surface area is 128 Å². The van der Waals surface area contributed by atoms with Crippen molar-refractivity contribution in [1.82, 2.24) is 5.32 Å². The van der Waals surface area contributed by atoms with Gasteiger partial charge in [0.05, 0.1) is 0 Å². The summed E-state index contributed by atoms with van der Waals surface area (Å²) in [6.45, 7) is 0.931. The van der Waals surface area contributed by atoms with Crippen LogP contribution in [0.4, 0.5) is 0 Å². The van der Waals surface area contributed by atoms with Crippen LogP contribution >= 0.6 is 23.1 Å². The zero-order valence-corrected chi connectivity index (χ0v) is 13.1. The number of thiophene rings is 1. The van der Waals surface area contributed by atoms with Gasteiger partial charge in [-0.3, -0.25) is 0 Å². The van der Waals surface area contributed by atoms with Gasteiger partial charge in [-0.25, -0.2) is 0 Å². The summed E-state index contributed by atoms with van der Waals surface area (Å²) in [6, 6.07) is 17.5. The molecule has 1 aromatic heterocycles. The van der Waals surface area contributed by atoms with Crippen molar-refractivity contribution in [2.45, 2.75) is 17.2 Å². The van der Waals surface area contributed by atoms with Crippen LogP contribution in [0.5, 0.6) is 0 Å². The summed E-state index contributed by atoms with van der Waals surface area (Å²) in [4.78, 5) is 1.33. The van der Waals surface area contributed by atoms with E-state index in [0.29, 0.717) is 0 Å². The summed E-state index contributed by atoms with van der Waals surface area (Å²) in [5.74, 6) is 1.04. The molecule has 0 bridgehead atoms. The third kappa shape index (κ3) is 3.06. The van der Waals surface area contributed by atoms with Crippen LogP contribution in [0.2, 0.25) is 0 Å². The van der Waals surface area contributed by atoms with E-state index in [2.05, 4.69) is 59.2 Å². The Morgan fingerprint density at radius 2 is 1.85 bits per heavy atom. The van der Waals surface area contributed by atoms with Crippen molar-refractivity contribution in [2.24, 2.45) is 0 Å². The van der Waals surface area contributed by atoms with E-state index in [1.165, 1.54) is 26.1 Å². The first kappa shape index (κ1) is 13.7. The van der Waals surface area contributed by atoms with Crippen LogP contribution in [0.15, 0.2) is 58.8 Å². The number of hydrogen-bond acceptors (Lipinski definition) is 3. The molecule has 102 valence electrons. The van der Waals surface area contributed by atoms with Crippen LogP contribution in [-0.2, 0) is 12.3 Å². The summed E-state index contributed by atoms with van der Waals surface area (Å²) >= 11 is 3.74. The quantitative estimate of drug-likeness (QED) is 0.672. The molecule has 1 heterocycles. The molecule has 3 aromatic rings. The largest absolute Gasteiger partial charge is 0.316 e. The van der Waals surface area contributed by atoms with Crippen molar-refractivity contribution in [3.63, 3.8) is 0 Å². The summed E-state index contributed by atoms with van der Waals surface area (Å²) in [6.07, 6.45) is 0. The molecule has 0 atom stereocenters. The maximum Gasteiger partial charge on any atom is 0.0345 e. The number of fused-ring (bicyclic) bond motifs is 1. The highest BCUT2D eigenvalue weighted by molar-refractivity contribution is 7.98. The van der Waals surface area contributed by atoms with Gasteiger partial charge in [-0.2, -0.15) is 0 Å². The molecule has 0 aliphatic rings. The Morgan fingerprint density at radius 3 is 2.65 bits per heavy atom. The summed E-state index contributed by atoms with van der Waals surface area (Å²) < 4.78 is 1.38. The molecular weight excluding hydrogens is 282 g/mol. The second kappa shape index (κ2) is 6.44. The van der Waals surface area contributed by atoms with Gasteiger partial charge in [-0.1, -0.05) is 30.3 Å². The Kier molecular flexibility index (Phi) is 4.41. The monoisotopic (exact) mass is 299 g/mol. The van der Waals surface area contributed by atoms with Gasteiger partial charge < -0.3 is 5.32 Å². The second-order valence-corrected chi connectivity index (χ2v) is 6.68. The molecule has 1 N–H and O–H groups in total. The van der Waals surface area contributed by atoms with Crippen molar-refractivity contribution in [3.05, 3.63) is 65.0 Å². The molecule has 0 saturated heterocycles. The van der Waals surface area contributed by atoms with Gasteiger partial charge in [0.1, 0.15) is 0 Å². The Morgan fingerprint density at radius 1 is 1.05 bits per heavy atom. The lowest BCUT2D eigenvalue weighted by Gasteiger charge is -2.04. The second-order valence-electron chi connectivity index (χ2n) is 4.72. The molecule has 0 spiro atoms. The highest BCUT2D eigenvalue weighted by Crippen LogP contribution is 2.31. The lowest BCUT2D eigenvalue weighted by Crippen LogP contribution is -2.04. The number of nitrogens with one attached hydrogen (secondary N) is 1. The summed E-state index contributed by atoms with van der Waals surface area (Å²) in [7, 11) is 1.98. The maximum absolute atomic E-state index is 3.17. The predicted octanol–water partition coefficient (Wildman–Crippen LogP) is 4.91. The van der Waals surface area contributed by atoms with Crippen LogP contribution in [0.25, 0.3) is 10.1 Å². The fourth-order valence-electron chi connectivity index (χ4n) is 2.21. The highest BCUT2D eigenvalue weighted by Gasteiger charge is 2.04. The van der Waals surface area contributed by atoms with Crippen molar-refractivity contribution in [2.75, 3.05) is 7.05 Å². The van der Waals surface area contributed by atoms with Crippen LogP contribution < -0.4 is 5.32 Å². The molecule has 3 rings (SSSR count). The van der Waals surface area contributed by atoms with E-state index >= 15 is 0 Å². The summed E-state index contributed by atoms with van der Waals surface area (Å²) in [5, 5.41) is 6.86. The van der Waals surface area contributed by atoms with Crippen LogP contribution in [0, 0.1) is 0 Å². The van der Waals surface area contributed by atoms with E-state index in [1.54, 1.807) is 0 Å². The normalized spacial score (nSPS) is 11.1. The average molecular weight is 299 g/mol. The van der Waals surface area contributed by atoms with E-state index in [-0.39, 0.29) is 0 Å². The first-order valence-electron chi connectivity index (χ1n) is 6.68. The smallest absolute Gasteiger partial charge is 0.0345 e. The topological polar surface area (TPSA) is 12.0 Å². The first-order chi connectivity index (χ1) is 9.86. The zero-order chi connectivity index (χ0) is 13.8. The standard InChI is InChI=1S/C17H17NS2/c1-18-10-13-6-8-15(9-7-13)19-11-14-12-20-17-5-3-2-4-16(14)17/h2-9,12,18H,10-11H2,1H3. The third-order valence-corrected chi connectivity index (χ3v) is 5.33. The highest BCUT2D eigenvalue weighted by atomic mass is 32.2. The molecule has 0 unspecified atom stereocenters. The zero-order valence-electron chi connectivity index (χ0n) is 11.4. The fourth-order valence-corrected chi connectivity index (χ4v) is 4.17. The molecule has 0 amide bonds. The van der Waals surface area contributed by atoms with Crippen molar-refractivity contribution < 1.29 is 0 Å². The van der Waals surface area contributed by atoms with E-state index < -0.39 is 0 Å². The number of hydrogen-bond donors (Lipinski definition) is 1. The Hall–Kier alpha value is -1.29. The van der Waals surface area contributed by atoms with Crippen LogP contribution in [0.3, 0.4) is 0 Å². The minimum atomic E-state index is 0.931. The molecule has 0 aliphatic carbocycles. The molecule has 0 saturated carbocycles. The number of benzene rings is 2. The molecule has 0 aliphatic heterocycles. The molecule has 0 radical (unpaired) electrons. The van der Waals surface area contributed by atoms with Crippen LogP contribution in [-0.4, -0.2) is 7.05 Å². The lowest BCUT2D eigenvalue weighted by molar-refractivity contribution is 0.817. The van der Waals surface area contributed by atoms with Crippen molar-refractivity contribution in [3.8, 4) is 0 Å². The third-order valence-electron chi connectivity index (χ3n) is 3.26. The van der Waals surface area contributed by atoms with Gasteiger partial charge in [-0.15, -0.1) is 23.1 Å². The lowest BCUT2D eigenvalue weighted by atomic mass is 10.2. The van der Waals surface area contributed by atoms with Gasteiger partial charge in [0, 0.05) is 21.9 Å². The van der Waals surface area contributed by atoms with Gasteiger partial charge in [0.2, 0.25) is 0 Å². The molecule has 3 heteroatoms. The SMILES string of the molecule is CNCc1ccc(SCc2csc3ccccc23)cc1. The number of thioether (sulfide) groups is 1. The Balaban J connectivity index is 1.69. The maximum atomic E-state index is 3.17. The average Bonchev–Trinajstić information content (AvgIpc) is 2.90. The minimum Gasteiger partial charge on any atom is -0.316 e. The van der Waals surface area contributed by atoms with Crippen molar-refractivity contribution >= 4 is 33.2 Å². The van der Waals surface area contributed by atoms with E-state index in [9.17, 15) is 0 Å². The molecular formula is C17H17NS2. The fraction of sp³-hybridized carbons (Fsp3) is 0.176. The molecule has 1 nitrogen and oxygen atoms in total. The Bertz CT molecular complexity index is 686. The number of rotatable bonds is 5. The predicted molar refractivity (Wildman–Crippen MR) is 90.6 cm³/mol. The molecule has 2 aromatic carbocycles. The van der Waals surface area contributed by atoms with E-state index in [1.807, 2.05) is 30.1 Å². The van der Waals surface area contributed by atoms with Gasteiger partial charge in [-0.05, 0) is 47.1 Å². The van der Waals surface area contributed by atoms with E-state index in [0.717, 1.165) is 12.3 Å². The van der Waals surface area contributed by atoms with Gasteiger partial charge in [0.25, 0.3) is 0 Å². The molecule has 0 fully saturated rings. The van der Waals surface area contributed by atoms with Crippen LogP contribution in [0.1, 0.15) is 11.1 Å². The summed E-state index contributed by atoms with van der Waals surface area (Å²) in [5.41, 5.74) is 2.77. The van der Waals surface area contributed by atoms with E-state index in [4.69, 9.17) is 0 Å². The molecule has 20 heavy (non-hydrogen) atoms. The first-order valence-corrected chi connectivity index (χ1v) is 8.55. The minimum absolute atomic E-state index is 0.931. The van der Waals surface area contributed by atoms with Gasteiger partial charge >= 0.3 is 0 Å².